The molecule has 0 aliphatic carbocycles. The average molecular weight is 318 g/mol. The van der Waals surface area contributed by atoms with Gasteiger partial charge >= 0.3 is 0 Å². The minimum absolute atomic E-state index is 0.152. The van der Waals surface area contributed by atoms with Crippen LogP contribution in [0.5, 0.6) is 0 Å². The molecule has 1 aromatic carbocycles. The SMILES string of the molecule is O=C(Cc1coc(-c2ccccc2)n1)NCC1(O)CCSC1. The van der Waals surface area contributed by atoms with Crippen molar-refractivity contribution < 1.29 is 14.3 Å². The summed E-state index contributed by atoms with van der Waals surface area (Å²) in [6.45, 7) is 0.294. The number of thioether (sulfide) groups is 1. The number of carbonyl (C=O) groups is 1. The van der Waals surface area contributed by atoms with Gasteiger partial charge in [-0.25, -0.2) is 4.98 Å². The van der Waals surface area contributed by atoms with E-state index in [0.717, 1.165) is 17.7 Å². The third-order valence-corrected chi connectivity index (χ3v) is 4.85. The topological polar surface area (TPSA) is 75.4 Å². The van der Waals surface area contributed by atoms with Crippen LogP contribution in [0, 0.1) is 0 Å². The van der Waals surface area contributed by atoms with Gasteiger partial charge in [-0.2, -0.15) is 11.8 Å². The number of hydrogen-bond acceptors (Lipinski definition) is 5. The minimum atomic E-state index is -0.765. The molecule has 0 spiro atoms. The van der Waals surface area contributed by atoms with Crippen LogP contribution in [-0.2, 0) is 11.2 Å². The Labute approximate surface area is 133 Å². The van der Waals surface area contributed by atoms with Crippen molar-refractivity contribution in [2.45, 2.75) is 18.4 Å². The van der Waals surface area contributed by atoms with E-state index in [4.69, 9.17) is 4.42 Å². The van der Waals surface area contributed by atoms with Crippen LogP contribution >= 0.6 is 11.8 Å². The Bertz CT molecular complexity index is 636. The average Bonchev–Trinajstić information content (AvgIpc) is 3.16. The van der Waals surface area contributed by atoms with Gasteiger partial charge in [0, 0.05) is 17.9 Å². The maximum atomic E-state index is 11.9. The number of rotatable bonds is 5. The second kappa shape index (κ2) is 6.54. The zero-order chi connectivity index (χ0) is 15.4. The number of aliphatic hydroxyl groups is 1. The molecule has 116 valence electrons. The summed E-state index contributed by atoms with van der Waals surface area (Å²) in [5.41, 5.74) is 0.704. The Hall–Kier alpha value is -1.79. The van der Waals surface area contributed by atoms with Crippen molar-refractivity contribution in [1.82, 2.24) is 10.3 Å². The lowest BCUT2D eigenvalue weighted by Crippen LogP contribution is -2.43. The van der Waals surface area contributed by atoms with Crippen LogP contribution in [0.15, 0.2) is 41.0 Å². The highest BCUT2D eigenvalue weighted by atomic mass is 32.2. The number of oxazole rings is 1. The molecule has 2 N–H and O–H groups in total. The number of carbonyl (C=O) groups excluding carboxylic acids is 1. The number of nitrogens with zero attached hydrogens (tertiary/aromatic N) is 1. The third-order valence-electron chi connectivity index (χ3n) is 3.61. The van der Waals surface area contributed by atoms with E-state index in [1.54, 1.807) is 11.8 Å². The van der Waals surface area contributed by atoms with E-state index in [9.17, 15) is 9.90 Å². The van der Waals surface area contributed by atoms with Crippen molar-refractivity contribution in [2.24, 2.45) is 0 Å². The lowest BCUT2D eigenvalue weighted by molar-refractivity contribution is -0.121. The van der Waals surface area contributed by atoms with Crippen LogP contribution in [-0.4, -0.2) is 39.6 Å². The first-order valence-electron chi connectivity index (χ1n) is 7.21. The monoisotopic (exact) mass is 318 g/mol. The molecule has 3 rings (SSSR count). The number of nitrogens with one attached hydrogen (secondary N) is 1. The quantitative estimate of drug-likeness (QED) is 0.880. The first-order chi connectivity index (χ1) is 10.6. The molecule has 5 nitrogen and oxygen atoms in total. The highest BCUT2D eigenvalue weighted by molar-refractivity contribution is 7.99. The molecular weight excluding hydrogens is 300 g/mol. The maximum absolute atomic E-state index is 11.9. The summed E-state index contributed by atoms with van der Waals surface area (Å²) in [5.74, 6) is 1.97. The van der Waals surface area contributed by atoms with E-state index in [1.807, 2.05) is 30.3 Å². The molecule has 0 saturated carbocycles. The molecule has 6 heteroatoms. The van der Waals surface area contributed by atoms with Crippen LogP contribution in [0.25, 0.3) is 11.5 Å². The fourth-order valence-electron chi connectivity index (χ4n) is 2.33. The van der Waals surface area contributed by atoms with Gasteiger partial charge in [0.1, 0.15) is 6.26 Å². The summed E-state index contributed by atoms with van der Waals surface area (Å²) in [5, 5.41) is 13.0. The molecule has 2 aromatic rings. The van der Waals surface area contributed by atoms with Crippen molar-refractivity contribution in [1.29, 1.82) is 0 Å². The van der Waals surface area contributed by atoms with Crippen LogP contribution in [0.1, 0.15) is 12.1 Å². The predicted octanol–water partition coefficient (Wildman–Crippen LogP) is 1.87. The third kappa shape index (κ3) is 3.69. The summed E-state index contributed by atoms with van der Waals surface area (Å²) >= 11 is 1.71. The van der Waals surface area contributed by atoms with Gasteiger partial charge in [0.2, 0.25) is 11.8 Å². The summed E-state index contributed by atoms with van der Waals surface area (Å²) in [6.07, 6.45) is 2.38. The Morgan fingerprint density at radius 2 is 2.23 bits per heavy atom. The van der Waals surface area contributed by atoms with Gasteiger partial charge in [-0.1, -0.05) is 18.2 Å². The van der Waals surface area contributed by atoms with E-state index in [1.165, 1.54) is 6.26 Å². The molecular formula is C16H18N2O3S. The van der Waals surface area contributed by atoms with Gasteiger partial charge in [0.05, 0.1) is 17.7 Å². The van der Waals surface area contributed by atoms with Gasteiger partial charge < -0.3 is 14.8 Å². The highest BCUT2D eigenvalue weighted by Crippen LogP contribution is 2.27. The molecule has 1 unspecified atom stereocenters. The standard InChI is InChI=1S/C16H18N2O3S/c19-14(17-10-16(20)6-7-22-11-16)8-13-9-21-15(18-13)12-4-2-1-3-5-12/h1-5,9,20H,6-8,10-11H2,(H,17,19). The Balaban J connectivity index is 1.55. The van der Waals surface area contributed by atoms with E-state index in [0.29, 0.717) is 23.9 Å². The van der Waals surface area contributed by atoms with Crippen molar-refractivity contribution in [2.75, 3.05) is 18.1 Å². The molecule has 1 fully saturated rings. The van der Waals surface area contributed by atoms with Crippen molar-refractivity contribution in [3.05, 3.63) is 42.3 Å². The fraction of sp³-hybridized carbons (Fsp3) is 0.375. The van der Waals surface area contributed by atoms with Gasteiger partial charge in [0.15, 0.2) is 0 Å². The lowest BCUT2D eigenvalue weighted by atomic mass is 10.0. The number of aromatic nitrogens is 1. The number of benzene rings is 1. The molecule has 1 atom stereocenters. The molecule has 1 aliphatic rings. The summed E-state index contributed by atoms with van der Waals surface area (Å²) < 4.78 is 5.41. The number of amides is 1. The molecule has 0 bridgehead atoms. The normalized spacial score (nSPS) is 21.0. The van der Waals surface area contributed by atoms with E-state index < -0.39 is 5.60 Å². The van der Waals surface area contributed by atoms with Crippen LogP contribution < -0.4 is 5.32 Å². The van der Waals surface area contributed by atoms with Crippen LogP contribution in [0.4, 0.5) is 0 Å². The van der Waals surface area contributed by atoms with Crippen molar-refractivity contribution in [3.63, 3.8) is 0 Å². The summed E-state index contributed by atoms with van der Waals surface area (Å²) in [6, 6.07) is 9.55. The Morgan fingerprint density at radius 1 is 1.41 bits per heavy atom. The second-order valence-corrected chi connectivity index (χ2v) is 6.60. The second-order valence-electron chi connectivity index (χ2n) is 5.49. The van der Waals surface area contributed by atoms with E-state index in [2.05, 4.69) is 10.3 Å². The molecule has 1 amide bonds. The molecule has 1 aliphatic heterocycles. The van der Waals surface area contributed by atoms with Crippen LogP contribution in [0.3, 0.4) is 0 Å². The van der Waals surface area contributed by atoms with Gasteiger partial charge in [-0.15, -0.1) is 0 Å². The molecule has 22 heavy (non-hydrogen) atoms. The Kier molecular flexibility index (Phi) is 4.49. The highest BCUT2D eigenvalue weighted by Gasteiger charge is 2.31. The van der Waals surface area contributed by atoms with Crippen molar-refractivity contribution in [3.8, 4) is 11.5 Å². The zero-order valence-corrected chi connectivity index (χ0v) is 12.9. The molecule has 1 aromatic heterocycles. The molecule has 1 saturated heterocycles. The van der Waals surface area contributed by atoms with E-state index >= 15 is 0 Å². The van der Waals surface area contributed by atoms with E-state index in [-0.39, 0.29) is 12.3 Å². The van der Waals surface area contributed by atoms with Gasteiger partial charge in [0.25, 0.3) is 0 Å². The zero-order valence-electron chi connectivity index (χ0n) is 12.1. The number of hydrogen-bond donors (Lipinski definition) is 2. The lowest BCUT2D eigenvalue weighted by Gasteiger charge is -2.21. The predicted molar refractivity (Wildman–Crippen MR) is 85.5 cm³/mol. The minimum Gasteiger partial charge on any atom is -0.444 e. The maximum Gasteiger partial charge on any atom is 0.226 e. The molecule has 0 radical (unpaired) electrons. The largest absolute Gasteiger partial charge is 0.444 e. The van der Waals surface area contributed by atoms with Gasteiger partial charge in [-0.05, 0) is 24.3 Å². The first-order valence-corrected chi connectivity index (χ1v) is 8.37. The summed E-state index contributed by atoms with van der Waals surface area (Å²) in [7, 11) is 0. The molecule has 2 heterocycles. The van der Waals surface area contributed by atoms with Crippen LogP contribution in [0.2, 0.25) is 0 Å². The Morgan fingerprint density at radius 3 is 2.95 bits per heavy atom. The smallest absolute Gasteiger partial charge is 0.226 e. The van der Waals surface area contributed by atoms with Crippen molar-refractivity contribution >= 4 is 17.7 Å². The summed E-state index contributed by atoms with van der Waals surface area (Å²) in [4.78, 5) is 16.3. The fourth-order valence-corrected chi connectivity index (χ4v) is 3.62. The first kappa shape index (κ1) is 15.1. The van der Waals surface area contributed by atoms with Gasteiger partial charge in [-0.3, -0.25) is 4.79 Å².